The lowest BCUT2D eigenvalue weighted by Crippen LogP contribution is -2.51. The Hall–Kier alpha value is -4.49. The maximum absolute atomic E-state index is 13.6. The number of primary amides is 1. The zero-order chi connectivity index (χ0) is 30.3. The predicted octanol–water partition coefficient (Wildman–Crippen LogP) is 2.76. The van der Waals surface area contributed by atoms with Crippen molar-refractivity contribution >= 4 is 35.4 Å². The molecule has 10 nitrogen and oxygen atoms in total. The topological polar surface area (TPSA) is 130 Å². The van der Waals surface area contributed by atoms with Gasteiger partial charge in [-0.2, -0.15) is 13.2 Å². The molecule has 1 aliphatic carbocycles. The molecular formula is C27H26F4N4O6. The number of carbonyl (C=O) groups is 5. The number of carbonyl (C=O) groups excluding carboxylic acids is 5. The molecule has 2 aromatic rings. The van der Waals surface area contributed by atoms with Crippen LogP contribution < -0.4 is 10.6 Å². The highest BCUT2D eigenvalue weighted by Gasteiger charge is 2.58. The molecule has 2 atom stereocenters. The van der Waals surface area contributed by atoms with E-state index >= 15 is 0 Å². The third-order valence-electron chi connectivity index (χ3n) is 7.17. The Balaban J connectivity index is 1.58. The summed E-state index contributed by atoms with van der Waals surface area (Å²) < 4.78 is 59.7. The molecule has 1 saturated heterocycles. The number of fused-ring (bicyclic) bond motifs is 2. The maximum atomic E-state index is 13.6. The van der Waals surface area contributed by atoms with Crippen molar-refractivity contribution in [1.82, 2.24) is 9.80 Å². The van der Waals surface area contributed by atoms with Crippen molar-refractivity contribution in [3.63, 3.8) is 0 Å². The Kier molecular flexibility index (Phi) is 7.78. The lowest BCUT2D eigenvalue weighted by molar-refractivity contribution is -0.187. The molecule has 41 heavy (non-hydrogen) atoms. The van der Waals surface area contributed by atoms with E-state index < -0.39 is 66.4 Å². The molecule has 0 bridgehead atoms. The minimum Gasteiger partial charge on any atom is -0.427 e. The molecule has 1 spiro atoms. The molecule has 14 heteroatoms. The summed E-state index contributed by atoms with van der Waals surface area (Å²) in [5.41, 5.74) is 4.80. The Morgan fingerprint density at radius 2 is 1.78 bits per heavy atom. The monoisotopic (exact) mass is 578 g/mol. The number of hydrogen-bond acceptors (Lipinski definition) is 6. The molecule has 0 aromatic heterocycles. The first kappa shape index (κ1) is 29.5. The minimum atomic E-state index is -4.82. The van der Waals surface area contributed by atoms with Crippen LogP contribution in [-0.2, 0) is 42.5 Å². The van der Waals surface area contributed by atoms with Crippen molar-refractivity contribution in [2.24, 2.45) is 5.73 Å². The smallest absolute Gasteiger partial charge is 0.418 e. The van der Waals surface area contributed by atoms with Gasteiger partial charge in [-0.1, -0.05) is 18.2 Å². The SMILES string of the molecule is CC(=O)N(CC(N)=O)c1ccc2c(c1)CC[C@@]21OC(=O)N(CC(=O)N(Cc2ccc(F)cc2)[C@@H](C)C(F)(F)F)C1=O. The zero-order valence-corrected chi connectivity index (χ0v) is 22.0. The number of nitrogens with zero attached hydrogens (tertiary/aromatic N) is 3. The molecule has 218 valence electrons. The van der Waals surface area contributed by atoms with Crippen molar-refractivity contribution in [1.29, 1.82) is 0 Å². The number of halogens is 4. The van der Waals surface area contributed by atoms with Crippen molar-refractivity contribution in [3.05, 3.63) is 65.0 Å². The largest absolute Gasteiger partial charge is 0.427 e. The van der Waals surface area contributed by atoms with Gasteiger partial charge in [0, 0.05) is 31.1 Å². The van der Waals surface area contributed by atoms with Gasteiger partial charge in [0.2, 0.25) is 23.3 Å². The summed E-state index contributed by atoms with van der Waals surface area (Å²) in [5, 5.41) is 0. The molecule has 4 rings (SSSR count). The molecule has 1 heterocycles. The van der Waals surface area contributed by atoms with Crippen LogP contribution in [0.2, 0.25) is 0 Å². The zero-order valence-electron chi connectivity index (χ0n) is 22.0. The third kappa shape index (κ3) is 5.72. The standard InChI is InChI=1S/C27H26F4N4O6/c1-15(27(29,30)31)33(12-17-3-5-19(28)6-4-17)23(38)14-35-24(39)26(41-25(35)40)10-9-18-11-20(7-8-21(18)26)34(16(2)36)13-22(32)37/h3-8,11,15H,9-10,12-14H2,1-2H3,(H2,32,37)/t15-,26+/m0/s1. The van der Waals surface area contributed by atoms with Gasteiger partial charge in [0.25, 0.3) is 5.91 Å². The number of benzene rings is 2. The van der Waals surface area contributed by atoms with Crippen LogP contribution in [0.15, 0.2) is 42.5 Å². The number of ether oxygens (including phenoxy) is 1. The number of alkyl halides is 3. The Morgan fingerprint density at radius 3 is 2.37 bits per heavy atom. The number of nitrogens with two attached hydrogens (primary N) is 1. The van der Waals surface area contributed by atoms with Crippen molar-refractivity contribution in [3.8, 4) is 0 Å². The molecule has 2 aliphatic rings. The van der Waals surface area contributed by atoms with E-state index in [0.29, 0.717) is 26.6 Å². The van der Waals surface area contributed by atoms with Gasteiger partial charge in [0.15, 0.2) is 0 Å². The fraction of sp³-hybridized carbons (Fsp3) is 0.370. The minimum absolute atomic E-state index is 0.00477. The molecule has 5 amide bonds. The van der Waals surface area contributed by atoms with Crippen LogP contribution in [0.4, 0.5) is 28.0 Å². The molecular weight excluding hydrogens is 552 g/mol. The lowest BCUT2D eigenvalue weighted by Gasteiger charge is -2.31. The van der Waals surface area contributed by atoms with Gasteiger partial charge in [-0.05, 0) is 48.7 Å². The molecule has 1 aliphatic heterocycles. The van der Waals surface area contributed by atoms with E-state index in [1.54, 1.807) is 6.07 Å². The van der Waals surface area contributed by atoms with Gasteiger partial charge >= 0.3 is 12.3 Å². The Morgan fingerprint density at radius 1 is 1.12 bits per heavy atom. The highest BCUT2D eigenvalue weighted by Crippen LogP contribution is 2.46. The summed E-state index contributed by atoms with van der Waals surface area (Å²) >= 11 is 0. The van der Waals surface area contributed by atoms with E-state index in [0.717, 1.165) is 24.0 Å². The van der Waals surface area contributed by atoms with E-state index in [2.05, 4.69) is 0 Å². The molecule has 2 N–H and O–H groups in total. The Bertz CT molecular complexity index is 1410. The molecule has 0 radical (unpaired) electrons. The van der Waals surface area contributed by atoms with Crippen LogP contribution in [0.25, 0.3) is 0 Å². The second-order valence-electron chi connectivity index (χ2n) is 9.86. The average molecular weight is 579 g/mol. The number of amides is 5. The van der Waals surface area contributed by atoms with Gasteiger partial charge in [0.1, 0.15) is 24.9 Å². The van der Waals surface area contributed by atoms with E-state index in [4.69, 9.17) is 10.5 Å². The predicted molar refractivity (Wildman–Crippen MR) is 134 cm³/mol. The lowest BCUT2D eigenvalue weighted by atomic mass is 9.94. The first-order valence-electron chi connectivity index (χ1n) is 12.5. The third-order valence-corrected chi connectivity index (χ3v) is 7.17. The van der Waals surface area contributed by atoms with Crippen LogP contribution >= 0.6 is 0 Å². The molecule has 1 fully saturated rings. The van der Waals surface area contributed by atoms with Crippen LogP contribution in [0.3, 0.4) is 0 Å². The summed E-state index contributed by atoms with van der Waals surface area (Å²) in [4.78, 5) is 65.0. The van der Waals surface area contributed by atoms with Crippen LogP contribution in [-0.4, -0.2) is 64.8 Å². The number of imide groups is 1. The number of rotatable bonds is 8. The van der Waals surface area contributed by atoms with Crippen LogP contribution in [0.5, 0.6) is 0 Å². The van der Waals surface area contributed by atoms with Gasteiger partial charge in [-0.15, -0.1) is 0 Å². The number of hydrogen-bond donors (Lipinski definition) is 1. The second-order valence-corrected chi connectivity index (χ2v) is 9.86. The molecule has 0 unspecified atom stereocenters. The highest BCUT2D eigenvalue weighted by molar-refractivity contribution is 6.06. The first-order chi connectivity index (χ1) is 19.1. The summed E-state index contributed by atoms with van der Waals surface area (Å²) in [6, 6.07) is 6.70. The number of anilines is 1. The summed E-state index contributed by atoms with van der Waals surface area (Å²) in [7, 11) is 0. The molecule has 2 aromatic carbocycles. The average Bonchev–Trinajstić information content (AvgIpc) is 3.37. The molecule has 0 saturated carbocycles. The van der Waals surface area contributed by atoms with E-state index in [-0.39, 0.29) is 24.9 Å². The van der Waals surface area contributed by atoms with Crippen LogP contribution in [0, 0.1) is 5.82 Å². The Labute approximate surface area is 231 Å². The van der Waals surface area contributed by atoms with Gasteiger partial charge in [0.05, 0.1) is 0 Å². The van der Waals surface area contributed by atoms with Crippen molar-refractivity contribution in [2.45, 2.75) is 51.1 Å². The van der Waals surface area contributed by atoms with E-state index in [1.165, 1.54) is 31.2 Å². The van der Waals surface area contributed by atoms with E-state index in [9.17, 15) is 41.5 Å². The number of aryl methyl sites for hydroxylation is 1. The summed E-state index contributed by atoms with van der Waals surface area (Å²) in [5.74, 6) is -3.89. The second kappa shape index (κ2) is 10.8. The highest BCUT2D eigenvalue weighted by atomic mass is 19.4. The van der Waals surface area contributed by atoms with Crippen molar-refractivity contribution in [2.75, 3.05) is 18.0 Å². The fourth-order valence-electron chi connectivity index (χ4n) is 4.98. The first-order valence-corrected chi connectivity index (χ1v) is 12.5. The summed E-state index contributed by atoms with van der Waals surface area (Å²) in [6.07, 6.45) is -5.79. The van der Waals surface area contributed by atoms with Crippen molar-refractivity contribution < 1.29 is 46.3 Å². The van der Waals surface area contributed by atoms with Crippen LogP contribution in [0.1, 0.15) is 37.0 Å². The summed E-state index contributed by atoms with van der Waals surface area (Å²) in [6.45, 7) is 0.0683. The van der Waals surface area contributed by atoms with Gasteiger partial charge in [-0.25, -0.2) is 14.1 Å². The maximum Gasteiger partial charge on any atom is 0.418 e. The normalized spacial score (nSPS) is 18.7. The van der Waals surface area contributed by atoms with E-state index in [1.807, 2.05) is 0 Å². The fourth-order valence-corrected chi connectivity index (χ4v) is 4.98. The van der Waals surface area contributed by atoms with Gasteiger partial charge < -0.3 is 20.3 Å². The quantitative estimate of drug-likeness (QED) is 0.480. The van der Waals surface area contributed by atoms with Gasteiger partial charge in [-0.3, -0.25) is 19.2 Å².